The van der Waals surface area contributed by atoms with Crippen molar-refractivity contribution in [2.24, 2.45) is 5.73 Å². The highest BCUT2D eigenvalue weighted by Gasteiger charge is 2.22. The fourth-order valence-corrected chi connectivity index (χ4v) is 2.27. The van der Waals surface area contributed by atoms with E-state index in [1.54, 1.807) is 19.1 Å². The summed E-state index contributed by atoms with van der Waals surface area (Å²) in [6.45, 7) is 1.88. The highest BCUT2D eigenvalue weighted by atomic mass is 16.5. The van der Waals surface area contributed by atoms with Gasteiger partial charge in [-0.2, -0.15) is 0 Å². The first kappa shape index (κ1) is 14.0. The molecule has 1 amide bonds. The third-order valence-electron chi connectivity index (χ3n) is 3.39. The number of nitrogens with zero attached hydrogens (tertiary/aromatic N) is 4. The van der Waals surface area contributed by atoms with Gasteiger partial charge in [0.25, 0.3) is 0 Å². The second-order valence-corrected chi connectivity index (χ2v) is 4.87. The molecule has 19 heavy (non-hydrogen) atoms. The number of aryl methyl sites for hydroxylation is 1. The number of rotatable bonds is 6. The van der Waals surface area contributed by atoms with E-state index in [1.165, 1.54) is 0 Å². The zero-order valence-corrected chi connectivity index (χ0v) is 11.5. The molecule has 1 unspecified atom stereocenters. The topological polar surface area (TPSA) is 86.3 Å². The quantitative estimate of drug-likeness (QED) is 0.754. The average molecular weight is 267 g/mol. The van der Waals surface area contributed by atoms with Crippen molar-refractivity contribution in [3.8, 4) is 0 Å². The van der Waals surface area contributed by atoms with Gasteiger partial charge < -0.3 is 19.9 Å². The van der Waals surface area contributed by atoms with Crippen molar-refractivity contribution < 1.29 is 9.53 Å². The van der Waals surface area contributed by atoms with Crippen LogP contribution in [0.15, 0.2) is 0 Å². The molecule has 0 fully saturated rings. The summed E-state index contributed by atoms with van der Waals surface area (Å²) in [5.74, 6) is 1.76. The molecule has 0 aliphatic carbocycles. The second kappa shape index (κ2) is 6.12. The summed E-state index contributed by atoms with van der Waals surface area (Å²) in [6.07, 6.45) is 2.60. The first-order chi connectivity index (χ1) is 9.13. The molecule has 0 spiro atoms. The number of ether oxygens (including phenoxy) is 1. The van der Waals surface area contributed by atoms with Gasteiger partial charge in [0.2, 0.25) is 5.91 Å². The van der Waals surface area contributed by atoms with Crippen LogP contribution >= 0.6 is 0 Å². The molecule has 0 radical (unpaired) electrons. The molecule has 1 aromatic rings. The number of amides is 1. The van der Waals surface area contributed by atoms with Crippen LogP contribution in [0.5, 0.6) is 0 Å². The number of aromatic nitrogens is 3. The van der Waals surface area contributed by atoms with Crippen molar-refractivity contribution in [1.29, 1.82) is 0 Å². The summed E-state index contributed by atoms with van der Waals surface area (Å²) in [5, 5.41) is 8.26. The number of carbonyl (C=O) groups excluding carboxylic acids is 1. The number of hydrogen-bond acceptors (Lipinski definition) is 5. The fourth-order valence-electron chi connectivity index (χ4n) is 2.27. The Balaban J connectivity index is 1.93. The highest BCUT2D eigenvalue weighted by Crippen LogP contribution is 2.15. The van der Waals surface area contributed by atoms with E-state index in [1.807, 2.05) is 0 Å². The first-order valence-corrected chi connectivity index (χ1v) is 6.54. The van der Waals surface area contributed by atoms with Crippen molar-refractivity contribution in [3.63, 3.8) is 0 Å². The third kappa shape index (κ3) is 3.10. The lowest BCUT2D eigenvalue weighted by Gasteiger charge is -2.20. The van der Waals surface area contributed by atoms with Gasteiger partial charge in [-0.15, -0.1) is 10.2 Å². The molecule has 0 saturated carbocycles. The SMILES string of the molecule is COCCC(N)C(=O)N(C)Cc1nnc2n1CCC2. The van der Waals surface area contributed by atoms with Gasteiger partial charge in [-0.3, -0.25) is 4.79 Å². The minimum Gasteiger partial charge on any atom is -0.385 e. The lowest BCUT2D eigenvalue weighted by atomic mass is 10.2. The molecular formula is C12H21N5O2. The van der Waals surface area contributed by atoms with Gasteiger partial charge in [0, 0.05) is 33.7 Å². The Morgan fingerprint density at radius 3 is 3.11 bits per heavy atom. The average Bonchev–Trinajstić information content (AvgIpc) is 2.99. The molecule has 1 atom stereocenters. The van der Waals surface area contributed by atoms with Crippen molar-refractivity contribution in [1.82, 2.24) is 19.7 Å². The number of likely N-dealkylation sites (N-methyl/N-ethyl adjacent to an activating group) is 1. The van der Waals surface area contributed by atoms with Gasteiger partial charge in [-0.1, -0.05) is 0 Å². The van der Waals surface area contributed by atoms with Crippen molar-refractivity contribution in [3.05, 3.63) is 11.6 Å². The molecule has 7 heteroatoms. The highest BCUT2D eigenvalue weighted by molar-refractivity contribution is 5.81. The molecule has 7 nitrogen and oxygen atoms in total. The van der Waals surface area contributed by atoms with Gasteiger partial charge in [0.05, 0.1) is 12.6 Å². The van der Waals surface area contributed by atoms with E-state index in [-0.39, 0.29) is 5.91 Å². The van der Waals surface area contributed by atoms with Crippen LogP contribution in [0.4, 0.5) is 0 Å². The summed E-state index contributed by atoms with van der Waals surface area (Å²) < 4.78 is 7.02. The molecule has 1 aromatic heterocycles. The maximum atomic E-state index is 12.1. The Morgan fingerprint density at radius 2 is 2.37 bits per heavy atom. The molecule has 1 aliphatic heterocycles. The fraction of sp³-hybridized carbons (Fsp3) is 0.750. The van der Waals surface area contributed by atoms with E-state index >= 15 is 0 Å². The van der Waals surface area contributed by atoms with Crippen LogP contribution in [-0.4, -0.2) is 52.4 Å². The maximum Gasteiger partial charge on any atom is 0.239 e. The Kier molecular flexibility index (Phi) is 4.49. The number of carbonyl (C=O) groups is 1. The number of nitrogens with two attached hydrogens (primary N) is 1. The van der Waals surface area contributed by atoms with Crippen molar-refractivity contribution >= 4 is 5.91 Å². The Bertz CT molecular complexity index is 445. The smallest absolute Gasteiger partial charge is 0.239 e. The predicted octanol–water partition coefficient (Wildman–Crippen LogP) is -0.453. The summed E-state index contributed by atoms with van der Waals surface area (Å²) in [5.41, 5.74) is 5.83. The third-order valence-corrected chi connectivity index (χ3v) is 3.39. The van der Waals surface area contributed by atoms with E-state index in [2.05, 4.69) is 14.8 Å². The van der Waals surface area contributed by atoms with Crippen LogP contribution in [0.1, 0.15) is 24.5 Å². The molecule has 2 heterocycles. The van der Waals surface area contributed by atoms with Gasteiger partial charge in [-0.25, -0.2) is 0 Å². The minimum absolute atomic E-state index is 0.0904. The standard InChI is InChI=1S/C12H21N5O2/c1-16(12(18)9(13)5-7-19-2)8-11-15-14-10-4-3-6-17(10)11/h9H,3-8,13H2,1-2H3. The summed E-state index contributed by atoms with van der Waals surface area (Å²) in [7, 11) is 3.34. The van der Waals surface area contributed by atoms with Crippen LogP contribution in [0.3, 0.4) is 0 Å². The van der Waals surface area contributed by atoms with Crippen LogP contribution in [0.25, 0.3) is 0 Å². The molecule has 0 saturated heterocycles. The Labute approximate surface area is 112 Å². The second-order valence-electron chi connectivity index (χ2n) is 4.87. The maximum absolute atomic E-state index is 12.1. The van der Waals surface area contributed by atoms with Gasteiger partial charge in [0.1, 0.15) is 5.82 Å². The first-order valence-electron chi connectivity index (χ1n) is 6.54. The minimum atomic E-state index is -0.522. The van der Waals surface area contributed by atoms with Gasteiger partial charge >= 0.3 is 0 Å². The predicted molar refractivity (Wildman–Crippen MR) is 69.3 cm³/mol. The van der Waals surface area contributed by atoms with E-state index in [0.717, 1.165) is 31.0 Å². The van der Waals surface area contributed by atoms with Crippen molar-refractivity contribution in [2.75, 3.05) is 20.8 Å². The van der Waals surface area contributed by atoms with Crippen LogP contribution in [0.2, 0.25) is 0 Å². The zero-order chi connectivity index (χ0) is 13.8. The lowest BCUT2D eigenvalue weighted by molar-refractivity contribution is -0.132. The molecule has 0 aromatic carbocycles. The molecule has 2 rings (SSSR count). The van der Waals surface area contributed by atoms with E-state index in [0.29, 0.717) is 19.6 Å². The summed E-state index contributed by atoms with van der Waals surface area (Å²) >= 11 is 0. The molecular weight excluding hydrogens is 246 g/mol. The molecule has 2 N–H and O–H groups in total. The van der Waals surface area contributed by atoms with Crippen LogP contribution in [0, 0.1) is 0 Å². The zero-order valence-electron chi connectivity index (χ0n) is 11.5. The summed E-state index contributed by atoms with van der Waals surface area (Å²) in [4.78, 5) is 13.7. The Hall–Kier alpha value is -1.47. The van der Waals surface area contributed by atoms with Crippen molar-refractivity contribution in [2.45, 2.75) is 38.4 Å². The van der Waals surface area contributed by atoms with Gasteiger partial charge in [-0.05, 0) is 12.8 Å². The van der Waals surface area contributed by atoms with E-state index in [4.69, 9.17) is 10.5 Å². The van der Waals surface area contributed by atoms with Crippen LogP contribution in [-0.2, 0) is 29.0 Å². The number of methoxy groups -OCH3 is 1. The van der Waals surface area contributed by atoms with E-state index in [9.17, 15) is 4.79 Å². The summed E-state index contributed by atoms with van der Waals surface area (Å²) in [6, 6.07) is -0.522. The largest absolute Gasteiger partial charge is 0.385 e. The normalized spacial score (nSPS) is 15.3. The lowest BCUT2D eigenvalue weighted by Crippen LogP contribution is -2.42. The molecule has 1 aliphatic rings. The number of hydrogen-bond donors (Lipinski definition) is 1. The molecule has 106 valence electrons. The molecule has 0 bridgehead atoms. The number of fused-ring (bicyclic) bond motifs is 1. The van der Waals surface area contributed by atoms with E-state index < -0.39 is 6.04 Å². The Morgan fingerprint density at radius 1 is 1.58 bits per heavy atom. The van der Waals surface area contributed by atoms with Gasteiger partial charge in [0.15, 0.2) is 5.82 Å². The monoisotopic (exact) mass is 267 g/mol. The van der Waals surface area contributed by atoms with Crippen LogP contribution < -0.4 is 5.73 Å².